The molecule has 8 heteroatoms. The van der Waals surface area contributed by atoms with E-state index < -0.39 is 18.5 Å². The van der Waals surface area contributed by atoms with Gasteiger partial charge in [0.15, 0.2) is 11.5 Å². The summed E-state index contributed by atoms with van der Waals surface area (Å²) >= 11 is 0. The van der Waals surface area contributed by atoms with Gasteiger partial charge in [0.05, 0.1) is 0 Å². The maximum absolute atomic E-state index is 12.3. The van der Waals surface area contributed by atoms with Crippen LogP contribution in [0.1, 0.15) is 62.8 Å². The SMILES string of the molecule is O=C(CC(F)(F)F)N[C@H]1CC[C@H](CCN2CCC(c3cccc4c3OCO4)CC2)CC1. The molecule has 2 fully saturated rings. The lowest BCUT2D eigenvalue weighted by atomic mass is 9.83. The van der Waals surface area contributed by atoms with Gasteiger partial charge < -0.3 is 19.7 Å². The molecule has 1 aliphatic carbocycles. The van der Waals surface area contributed by atoms with Crippen molar-refractivity contribution in [2.24, 2.45) is 5.92 Å². The predicted molar refractivity (Wildman–Crippen MR) is 110 cm³/mol. The summed E-state index contributed by atoms with van der Waals surface area (Å²) in [6, 6.07) is 6.04. The Bertz CT molecular complexity index is 755. The average Bonchev–Trinajstić information content (AvgIpc) is 3.21. The zero-order valence-corrected chi connectivity index (χ0v) is 17.8. The molecule has 2 heterocycles. The van der Waals surface area contributed by atoms with E-state index in [1.807, 2.05) is 12.1 Å². The number of carbonyl (C=O) groups is 1. The summed E-state index contributed by atoms with van der Waals surface area (Å²) in [5.74, 6) is 1.96. The lowest BCUT2D eigenvalue weighted by molar-refractivity contribution is -0.154. The molecule has 1 saturated heterocycles. The summed E-state index contributed by atoms with van der Waals surface area (Å²) in [6.07, 6.45) is 1.02. The number of ether oxygens (including phenoxy) is 2. The van der Waals surface area contributed by atoms with Crippen LogP contribution in [0.5, 0.6) is 11.5 Å². The predicted octanol–water partition coefficient (Wildman–Crippen LogP) is 4.61. The molecule has 0 radical (unpaired) electrons. The van der Waals surface area contributed by atoms with E-state index in [9.17, 15) is 18.0 Å². The van der Waals surface area contributed by atoms with E-state index in [1.54, 1.807) is 0 Å². The largest absolute Gasteiger partial charge is 0.454 e. The fraction of sp³-hybridized carbons (Fsp3) is 0.696. The number of hydrogen-bond acceptors (Lipinski definition) is 4. The van der Waals surface area contributed by atoms with Crippen molar-refractivity contribution < 1.29 is 27.4 Å². The molecule has 0 atom stereocenters. The van der Waals surface area contributed by atoms with Gasteiger partial charge in [-0.15, -0.1) is 0 Å². The van der Waals surface area contributed by atoms with Gasteiger partial charge in [-0.25, -0.2) is 0 Å². The first-order valence-electron chi connectivity index (χ1n) is 11.3. The molecule has 4 rings (SSSR count). The van der Waals surface area contributed by atoms with Crippen LogP contribution >= 0.6 is 0 Å². The van der Waals surface area contributed by atoms with E-state index in [0.29, 0.717) is 18.6 Å². The normalized spacial score (nSPS) is 24.9. The third kappa shape index (κ3) is 6.05. The number of hydrogen-bond donors (Lipinski definition) is 1. The molecular weight excluding hydrogens is 409 g/mol. The van der Waals surface area contributed by atoms with Gasteiger partial charge in [0.1, 0.15) is 6.42 Å². The van der Waals surface area contributed by atoms with Gasteiger partial charge in [0.25, 0.3) is 0 Å². The Morgan fingerprint density at radius 2 is 1.81 bits per heavy atom. The van der Waals surface area contributed by atoms with Crippen LogP contribution < -0.4 is 14.8 Å². The fourth-order valence-electron chi connectivity index (χ4n) is 5.16. The van der Waals surface area contributed by atoms with Crippen LogP contribution in [0.4, 0.5) is 13.2 Å². The third-order valence-electron chi connectivity index (χ3n) is 6.88. The summed E-state index contributed by atoms with van der Waals surface area (Å²) < 4.78 is 48.1. The molecule has 5 nitrogen and oxygen atoms in total. The summed E-state index contributed by atoms with van der Waals surface area (Å²) in [7, 11) is 0. The van der Waals surface area contributed by atoms with E-state index in [-0.39, 0.29) is 6.04 Å². The van der Waals surface area contributed by atoms with Crippen LogP contribution in [0.2, 0.25) is 0 Å². The quantitative estimate of drug-likeness (QED) is 0.702. The van der Waals surface area contributed by atoms with Crippen molar-refractivity contribution in [1.82, 2.24) is 10.2 Å². The molecular formula is C23H31F3N2O3. The number of nitrogens with one attached hydrogen (secondary N) is 1. The Balaban J connectivity index is 1.15. The Kier molecular flexibility index (Phi) is 6.94. The average molecular weight is 441 g/mol. The summed E-state index contributed by atoms with van der Waals surface area (Å²) in [5.41, 5.74) is 1.26. The number of halogens is 3. The van der Waals surface area contributed by atoms with E-state index in [1.165, 1.54) is 5.56 Å². The molecule has 1 N–H and O–H groups in total. The van der Waals surface area contributed by atoms with Crippen molar-refractivity contribution in [1.29, 1.82) is 0 Å². The number of nitrogens with zero attached hydrogens (tertiary/aromatic N) is 1. The Morgan fingerprint density at radius 3 is 2.52 bits per heavy atom. The fourth-order valence-corrected chi connectivity index (χ4v) is 5.16. The third-order valence-corrected chi connectivity index (χ3v) is 6.88. The minimum atomic E-state index is -4.43. The molecule has 31 heavy (non-hydrogen) atoms. The van der Waals surface area contributed by atoms with Crippen LogP contribution in [-0.2, 0) is 4.79 Å². The van der Waals surface area contributed by atoms with E-state index in [2.05, 4.69) is 16.3 Å². The van der Waals surface area contributed by atoms with Crippen molar-refractivity contribution in [3.05, 3.63) is 23.8 Å². The Morgan fingerprint density at radius 1 is 1.06 bits per heavy atom. The molecule has 0 bridgehead atoms. The molecule has 1 aromatic rings. The van der Waals surface area contributed by atoms with Crippen LogP contribution in [-0.4, -0.2) is 49.5 Å². The van der Waals surface area contributed by atoms with Crippen LogP contribution in [0.15, 0.2) is 18.2 Å². The number of benzene rings is 1. The van der Waals surface area contributed by atoms with Gasteiger partial charge in [0.2, 0.25) is 12.7 Å². The molecule has 0 unspecified atom stereocenters. The number of alkyl halides is 3. The number of para-hydroxylation sites is 1. The standard InChI is InChI=1S/C23H31F3N2O3/c24-23(25,26)14-21(29)27-18-6-4-16(5-7-18)8-11-28-12-9-17(10-13-28)19-2-1-3-20-22(19)31-15-30-20/h1-3,16-18H,4-15H2,(H,27,29)/t16-,18-. The number of fused-ring (bicyclic) bond motifs is 1. The highest BCUT2D eigenvalue weighted by atomic mass is 19.4. The lowest BCUT2D eigenvalue weighted by Crippen LogP contribution is -2.40. The minimum Gasteiger partial charge on any atom is -0.454 e. The number of carbonyl (C=O) groups excluding carboxylic acids is 1. The first kappa shape index (κ1) is 22.2. The monoisotopic (exact) mass is 440 g/mol. The molecule has 2 aliphatic heterocycles. The lowest BCUT2D eigenvalue weighted by Gasteiger charge is -2.34. The first-order chi connectivity index (χ1) is 14.9. The topological polar surface area (TPSA) is 50.8 Å². The van der Waals surface area contributed by atoms with Crippen molar-refractivity contribution in [3.63, 3.8) is 0 Å². The van der Waals surface area contributed by atoms with E-state index in [4.69, 9.17) is 9.47 Å². The molecule has 172 valence electrons. The van der Waals surface area contributed by atoms with Gasteiger partial charge in [-0.1, -0.05) is 12.1 Å². The zero-order valence-electron chi connectivity index (χ0n) is 17.8. The van der Waals surface area contributed by atoms with Crippen LogP contribution in [0.3, 0.4) is 0 Å². The van der Waals surface area contributed by atoms with E-state index >= 15 is 0 Å². The minimum absolute atomic E-state index is 0.111. The number of amides is 1. The molecule has 0 spiro atoms. The van der Waals surface area contributed by atoms with Gasteiger partial charge in [0, 0.05) is 11.6 Å². The molecule has 1 amide bonds. The Labute approximate surface area is 181 Å². The maximum atomic E-state index is 12.3. The highest BCUT2D eigenvalue weighted by Gasteiger charge is 2.33. The zero-order chi connectivity index (χ0) is 21.8. The molecule has 3 aliphatic rings. The van der Waals surface area contributed by atoms with Crippen molar-refractivity contribution in [2.45, 2.75) is 69.5 Å². The highest BCUT2D eigenvalue weighted by Crippen LogP contribution is 2.42. The second kappa shape index (κ2) is 9.67. The van der Waals surface area contributed by atoms with Crippen molar-refractivity contribution in [2.75, 3.05) is 26.4 Å². The van der Waals surface area contributed by atoms with Gasteiger partial charge in [-0.2, -0.15) is 13.2 Å². The summed E-state index contributed by atoms with van der Waals surface area (Å²) in [5, 5.41) is 2.55. The second-order valence-corrected chi connectivity index (χ2v) is 9.06. The van der Waals surface area contributed by atoms with Crippen molar-refractivity contribution >= 4 is 5.91 Å². The second-order valence-electron chi connectivity index (χ2n) is 9.06. The Hall–Kier alpha value is -1.96. The molecule has 1 saturated carbocycles. The van der Waals surface area contributed by atoms with Gasteiger partial charge in [-0.05, 0) is 82.5 Å². The van der Waals surface area contributed by atoms with E-state index in [0.717, 1.165) is 76.1 Å². The first-order valence-corrected chi connectivity index (χ1v) is 11.3. The molecule has 1 aromatic carbocycles. The smallest absolute Gasteiger partial charge is 0.397 e. The highest BCUT2D eigenvalue weighted by molar-refractivity contribution is 5.76. The van der Waals surface area contributed by atoms with Crippen LogP contribution in [0.25, 0.3) is 0 Å². The van der Waals surface area contributed by atoms with Gasteiger partial charge in [-0.3, -0.25) is 4.79 Å². The number of rotatable bonds is 6. The van der Waals surface area contributed by atoms with Crippen molar-refractivity contribution in [3.8, 4) is 11.5 Å². The maximum Gasteiger partial charge on any atom is 0.397 e. The number of likely N-dealkylation sites (tertiary alicyclic amines) is 1. The van der Waals surface area contributed by atoms with Gasteiger partial charge >= 0.3 is 6.18 Å². The van der Waals surface area contributed by atoms with Crippen LogP contribution in [0, 0.1) is 5.92 Å². The summed E-state index contributed by atoms with van der Waals surface area (Å²) in [6.45, 7) is 3.50. The number of piperidine rings is 1. The molecule has 0 aromatic heterocycles. The summed E-state index contributed by atoms with van der Waals surface area (Å²) in [4.78, 5) is 14.0.